The molecule has 1 fully saturated rings. The second kappa shape index (κ2) is 7.28. The molecule has 0 amide bonds. The van der Waals surface area contributed by atoms with Crippen LogP contribution in [0.5, 0.6) is 5.75 Å². The molecule has 0 aromatic heterocycles. The molecule has 1 aromatic carbocycles. The van der Waals surface area contributed by atoms with Gasteiger partial charge in [-0.2, -0.15) is 0 Å². The van der Waals surface area contributed by atoms with Crippen LogP contribution in [-0.2, 0) is 4.74 Å². The molecule has 0 spiro atoms. The van der Waals surface area contributed by atoms with Gasteiger partial charge in [0.2, 0.25) is 0 Å². The topological polar surface area (TPSA) is 30.5 Å². The van der Waals surface area contributed by atoms with Gasteiger partial charge in [-0.3, -0.25) is 0 Å². The first-order valence-corrected chi connectivity index (χ1v) is 8.07. The van der Waals surface area contributed by atoms with E-state index in [-0.39, 0.29) is 5.60 Å². The van der Waals surface area contributed by atoms with Gasteiger partial charge in [0.1, 0.15) is 5.75 Å². The number of rotatable bonds is 8. The average Bonchev–Trinajstić information content (AvgIpc) is 2.46. The molecule has 1 aromatic rings. The van der Waals surface area contributed by atoms with Crippen LogP contribution in [0.25, 0.3) is 0 Å². The number of ether oxygens (including phenoxy) is 2. The van der Waals surface area contributed by atoms with E-state index in [4.69, 9.17) is 9.47 Å². The Hall–Kier alpha value is -1.06. The van der Waals surface area contributed by atoms with Gasteiger partial charge >= 0.3 is 0 Å². The van der Waals surface area contributed by atoms with Crippen LogP contribution in [0.2, 0.25) is 0 Å². The van der Waals surface area contributed by atoms with Crippen LogP contribution >= 0.6 is 0 Å². The molecule has 21 heavy (non-hydrogen) atoms. The lowest BCUT2D eigenvalue weighted by Gasteiger charge is -2.43. The Morgan fingerprint density at radius 1 is 1.29 bits per heavy atom. The number of benzene rings is 1. The van der Waals surface area contributed by atoms with Crippen molar-refractivity contribution in [1.82, 2.24) is 5.32 Å². The summed E-state index contributed by atoms with van der Waals surface area (Å²) in [5, 5.41) is 3.69. The fraction of sp³-hybridized carbons (Fsp3) is 0.667. The lowest BCUT2D eigenvalue weighted by Crippen LogP contribution is -2.43. The summed E-state index contributed by atoms with van der Waals surface area (Å²) in [6, 6.07) is 6.86. The molecular formula is C18H29NO2. The van der Waals surface area contributed by atoms with Crippen LogP contribution < -0.4 is 10.1 Å². The van der Waals surface area contributed by atoms with E-state index in [1.807, 2.05) is 7.11 Å². The van der Waals surface area contributed by atoms with E-state index < -0.39 is 0 Å². The molecule has 0 aliphatic heterocycles. The van der Waals surface area contributed by atoms with Crippen LogP contribution in [0.4, 0.5) is 0 Å². The summed E-state index contributed by atoms with van der Waals surface area (Å²) in [6.07, 6.45) is 5.85. The molecule has 3 nitrogen and oxygen atoms in total. The minimum Gasteiger partial charge on any atom is -0.496 e. The maximum absolute atomic E-state index is 5.82. The van der Waals surface area contributed by atoms with Gasteiger partial charge < -0.3 is 14.8 Å². The maximum Gasteiger partial charge on any atom is 0.121 e. The van der Waals surface area contributed by atoms with Gasteiger partial charge in [-0.05, 0) is 62.8 Å². The summed E-state index contributed by atoms with van der Waals surface area (Å²) in [5.41, 5.74) is 2.61. The second-order valence-corrected chi connectivity index (χ2v) is 6.18. The lowest BCUT2D eigenvalue weighted by atomic mass is 9.74. The van der Waals surface area contributed by atoms with Crippen molar-refractivity contribution in [3.8, 4) is 5.75 Å². The van der Waals surface area contributed by atoms with Crippen LogP contribution in [0.3, 0.4) is 0 Å². The molecule has 118 valence electrons. The van der Waals surface area contributed by atoms with Gasteiger partial charge in [0.05, 0.1) is 12.7 Å². The molecule has 0 radical (unpaired) electrons. The second-order valence-electron chi connectivity index (χ2n) is 6.18. The predicted octanol–water partition coefficient (Wildman–Crippen LogP) is 4.00. The summed E-state index contributed by atoms with van der Waals surface area (Å²) in [6.45, 7) is 5.35. The minimum atomic E-state index is 0.0826. The fourth-order valence-electron chi connectivity index (χ4n) is 3.18. The zero-order valence-corrected chi connectivity index (χ0v) is 13.9. The quantitative estimate of drug-likeness (QED) is 0.785. The van der Waals surface area contributed by atoms with Crippen molar-refractivity contribution in [3.05, 3.63) is 29.3 Å². The standard InChI is InChI=1S/C18H29NO2/c1-5-11-19-16(13-18(21-4)9-6-10-18)15-7-8-17(20-3)14(2)12-15/h7-8,12,16,19H,5-6,9-11,13H2,1-4H3. The third-order valence-electron chi connectivity index (χ3n) is 4.74. The van der Waals surface area contributed by atoms with Crippen molar-refractivity contribution >= 4 is 0 Å². The van der Waals surface area contributed by atoms with Crippen LogP contribution in [0.15, 0.2) is 18.2 Å². The molecule has 1 atom stereocenters. The molecule has 2 rings (SSSR count). The normalized spacial score (nSPS) is 18.1. The number of hydrogen-bond donors (Lipinski definition) is 1. The Kier molecular flexibility index (Phi) is 5.65. The van der Waals surface area contributed by atoms with Crippen LogP contribution in [-0.4, -0.2) is 26.4 Å². The number of methoxy groups -OCH3 is 2. The Morgan fingerprint density at radius 3 is 2.52 bits per heavy atom. The Morgan fingerprint density at radius 2 is 2.05 bits per heavy atom. The summed E-state index contributed by atoms with van der Waals surface area (Å²) < 4.78 is 11.2. The number of nitrogens with one attached hydrogen (secondary N) is 1. The third-order valence-corrected chi connectivity index (χ3v) is 4.74. The smallest absolute Gasteiger partial charge is 0.121 e. The molecule has 1 aliphatic carbocycles. The van der Waals surface area contributed by atoms with E-state index in [1.54, 1.807) is 7.11 Å². The van der Waals surface area contributed by atoms with Crippen molar-refractivity contribution in [2.24, 2.45) is 0 Å². The van der Waals surface area contributed by atoms with E-state index in [1.165, 1.54) is 30.4 Å². The summed E-state index contributed by atoms with van der Waals surface area (Å²) >= 11 is 0. The van der Waals surface area contributed by atoms with Crippen molar-refractivity contribution in [2.45, 2.75) is 57.6 Å². The van der Waals surface area contributed by atoms with E-state index in [0.717, 1.165) is 25.1 Å². The Bertz CT molecular complexity index is 449. The van der Waals surface area contributed by atoms with E-state index in [9.17, 15) is 0 Å². The molecular weight excluding hydrogens is 262 g/mol. The van der Waals surface area contributed by atoms with E-state index >= 15 is 0 Å². The van der Waals surface area contributed by atoms with Gasteiger partial charge in [-0.25, -0.2) is 0 Å². The van der Waals surface area contributed by atoms with Crippen LogP contribution in [0.1, 0.15) is 56.2 Å². The molecule has 0 saturated heterocycles. The Labute approximate surface area is 129 Å². The molecule has 1 unspecified atom stereocenters. The summed E-state index contributed by atoms with van der Waals surface area (Å²) in [7, 11) is 3.58. The average molecular weight is 291 g/mol. The van der Waals surface area contributed by atoms with Gasteiger partial charge in [-0.15, -0.1) is 0 Å². The highest BCUT2D eigenvalue weighted by Gasteiger charge is 2.39. The zero-order chi connectivity index (χ0) is 15.3. The molecule has 1 N–H and O–H groups in total. The SMILES string of the molecule is CCCNC(CC1(OC)CCC1)c1ccc(OC)c(C)c1. The molecule has 1 saturated carbocycles. The number of aryl methyl sites for hydroxylation is 1. The first-order chi connectivity index (χ1) is 10.1. The highest BCUT2D eigenvalue weighted by Crippen LogP contribution is 2.42. The molecule has 0 heterocycles. The van der Waals surface area contributed by atoms with Crippen molar-refractivity contribution in [3.63, 3.8) is 0 Å². The molecule has 3 heteroatoms. The van der Waals surface area contributed by atoms with Crippen molar-refractivity contribution in [2.75, 3.05) is 20.8 Å². The maximum atomic E-state index is 5.82. The van der Waals surface area contributed by atoms with E-state index in [0.29, 0.717) is 6.04 Å². The van der Waals surface area contributed by atoms with Crippen molar-refractivity contribution in [1.29, 1.82) is 0 Å². The lowest BCUT2D eigenvalue weighted by molar-refractivity contribution is -0.0838. The predicted molar refractivity (Wildman–Crippen MR) is 87.0 cm³/mol. The molecule has 1 aliphatic rings. The summed E-state index contributed by atoms with van der Waals surface area (Å²) in [4.78, 5) is 0. The van der Waals surface area contributed by atoms with Crippen LogP contribution in [0, 0.1) is 6.92 Å². The minimum absolute atomic E-state index is 0.0826. The fourth-order valence-corrected chi connectivity index (χ4v) is 3.18. The Balaban J connectivity index is 2.16. The van der Waals surface area contributed by atoms with Crippen molar-refractivity contribution < 1.29 is 9.47 Å². The van der Waals surface area contributed by atoms with E-state index in [2.05, 4.69) is 37.4 Å². The zero-order valence-electron chi connectivity index (χ0n) is 13.9. The third kappa shape index (κ3) is 3.78. The first-order valence-electron chi connectivity index (χ1n) is 8.07. The van der Waals surface area contributed by atoms with Gasteiger partial charge in [0.25, 0.3) is 0 Å². The van der Waals surface area contributed by atoms with Gasteiger partial charge in [-0.1, -0.05) is 19.1 Å². The highest BCUT2D eigenvalue weighted by atomic mass is 16.5. The van der Waals surface area contributed by atoms with Gasteiger partial charge in [0.15, 0.2) is 0 Å². The monoisotopic (exact) mass is 291 g/mol. The number of hydrogen-bond acceptors (Lipinski definition) is 3. The largest absolute Gasteiger partial charge is 0.496 e. The summed E-state index contributed by atoms with van der Waals surface area (Å²) in [5.74, 6) is 0.957. The first kappa shape index (κ1) is 16.3. The van der Waals surface area contributed by atoms with Gasteiger partial charge in [0, 0.05) is 13.2 Å². The molecule has 0 bridgehead atoms. The highest BCUT2D eigenvalue weighted by molar-refractivity contribution is 5.37.